The Balaban J connectivity index is 1.58. The maximum Gasteiger partial charge on any atom is 0.337 e. The molecule has 5 rings (SSSR count). The van der Waals surface area contributed by atoms with Crippen LogP contribution in [0.4, 0.5) is 34.1 Å². The van der Waals surface area contributed by atoms with Crippen LogP contribution in [0.15, 0.2) is 71.0 Å². The predicted molar refractivity (Wildman–Crippen MR) is 162 cm³/mol. The largest absolute Gasteiger partial charge is 0.507 e. The number of nitrogens with zero attached hydrogens (tertiary/aromatic N) is 3. The van der Waals surface area contributed by atoms with Gasteiger partial charge in [0.1, 0.15) is 28.6 Å². The average Bonchev–Trinajstić information content (AvgIpc) is 3.04. The fourth-order valence-electron chi connectivity index (χ4n) is 5.10. The molecule has 1 aliphatic heterocycles. The fraction of sp³-hybridized carbons (Fsp3) is 0.129. The van der Waals surface area contributed by atoms with Crippen molar-refractivity contribution in [3.63, 3.8) is 0 Å². The minimum absolute atomic E-state index is 0.0243. The van der Waals surface area contributed by atoms with Crippen molar-refractivity contribution in [3.05, 3.63) is 87.2 Å². The number of anilines is 4. The molecule has 45 heavy (non-hydrogen) atoms. The smallest absolute Gasteiger partial charge is 0.337 e. The van der Waals surface area contributed by atoms with E-state index in [0.29, 0.717) is 12.1 Å². The number of aromatic hydroxyl groups is 3. The van der Waals surface area contributed by atoms with Crippen molar-refractivity contribution in [3.8, 4) is 28.4 Å². The number of benzene rings is 4. The summed E-state index contributed by atoms with van der Waals surface area (Å²) in [5, 5.41) is 41.2. The highest BCUT2D eigenvalue weighted by Crippen LogP contribution is 2.51. The molecule has 0 fully saturated rings. The first kappa shape index (κ1) is 30.2. The Morgan fingerprint density at radius 2 is 1.33 bits per heavy atom. The molecule has 14 heteroatoms. The van der Waals surface area contributed by atoms with Gasteiger partial charge in [-0.3, -0.25) is 9.69 Å². The Labute approximate surface area is 254 Å². The summed E-state index contributed by atoms with van der Waals surface area (Å²) in [6.45, 7) is 0. The Hall–Kier alpha value is -6.31. The van der Waals surface area contributed by atoms with Crippen molar-refractivity contribution >= 4 is 52.0 Å². The molecule has 228 valence electrons. The Bertz CT molecular complexity index is 1850. The van der Waals surface area contributed by atoms with Crippen molar-refractivity contribution in [2.24, 2.45) is 10.4 Å². The van der Waals surface area contributed by atoms with E-state index < -0.39 is 34.8 Å². The lowest BCUT2D eigenvalue weighted by Gasteiger charge is -2.30. The number of rotatable bonds is 8. The number of phenols is 3. The van der Waals surface area contributed by atoms with Gasteiger partial charge in [0.05, 0.1) is 48.0 Å². The Kier molecular flexibility index (Phi) is 8.13. The third-order valence-corrected chi connectivity index (χ3v) is 7.18. The zero-order chi connectivity index (χ0) is 32.4. The topological polar surface area (TPSA) is 204 Å². The minimum Gasteiger partial charge on any atom is -0.507 e. The van der Waals surface area contributed by atoms with E-state index in [1.807, 2.05) is 0 Å². The molecule has 0 atom stereocenters. The van der Waals surface area contributed by atoms with Crippen LogP contribution in [-0.2, 0) is 20.7 Å². The first-order chi connectivity index (χ1) is 21.6. The van der Waals surface area contributed by atoms with Crippen molar-refractivity contribution in [1.82, 2.24) is 0 Å². The number of ether oxygens (including phenoxy) is 2. The number of hydrogen-bond donors (Lipinski definition) is 4. The highest BCUT2D eigenvalue weighted by Gasteiger charge is 2.30. The highest BCUT2D eigenvalue weighted by atomic mass is 16.5. The van der Waals surface area contributed by atoms with Crippen LogP contribution in [0, 0.1) is 9.81 Å². The molecule has 0 spiro atoms. The van der Waals surface area contributed by atoms with Crippen LogP contribution in [0.5, 0.6) is 17.2 Å². The number of fused-ring (bicyclic) bond motifs is 1. The summed E-state index contributed by atoms with van der Waals surface area (Å²) < 4.78 is 9.46. The summed E-state index contributed by atoms with van der Waals surface area (Å²) in [6.07, 6.45) is 0.509. The van der Waals surface area contributed by atoms with Gasteiger partial charge in [-0.2, -0.15) is 0 Å². The zero-order valence-corrected chi connectivity index (χ0v) is 23.7. The lowest BCUT2D eigenvalue weighted by Crippen LogP contribution is -2.31. The number of hydrogen-bond acceptors (Lipinski definition) is 13. The number of amides is 1. The maximum absolute atomic E-state index is 13.1. The molecule has 0 aliphatic carbocycles. The number of carbonyl (C=O) groups is 3. The highest BCUT2D eigenvalue weighted by molar-refractivity contribution is 6.06. The molecule has 1 aliphatic rings. The lowest BCUT2D eigenvalue weighted by molar-refractivity contribution is -0.118. The summed E-state index contributed by atoms with van der Waals surface area (Å²) in [6, 6.07) is 13.2. The molecule has 0 radical (unpaired) electrons. The van der Waals surface area contributed by atoms with Crippen LogP contribution in [0.1, 0.15) is 32.7 Å². The first-order valence-corrected chi connectivity index (χ1v) is 13.2. The summed E-state index contributed by atoms with van der Waals surface area (Å²) in [5.74, 6) is -3.18. The third kappa shape index (κ3) is 5.59. The molecule has 4 aromatic rings. The number of esters is 2. The normalized spacial score (nSPS) is 12.2. The number of methoxy groups -OCH3 is 2. The molecular weight excluding hydrogens is 588 g/mol. The summed E-state index contributed by atoms with van der Waals surface area (Å²) in [7, 11) is 2.41. The maximum atomic E-state index is 13.1. The van der Waals surface area contributed by atoms with Gasteiger partial charge in [0.2, 0.25) is 5.91 Å². The van der Waals surface area contributed by atoms with Gasteiger partial charge < -0.3 is 30.1 Å². The minimum atomic E-state index is -0.674. The van der Waals surface area contributed by atoms with E-state index in [1.54, 1.807) is 12.1 Å². The molecule has 0 saturated carbocycles. The molecule has 14 nitrogen and oxygen atoms in total. The molecule has 0 saturated heterocycles. The molecule has 0 bridgehead atoms. The number of aryl methyl sites for hydroxylation is 1. The second kappa shape index (κ2) is 12.1. The van der Waals surface area contributed by atoms with E-state index in [1.165, 1.54) is 55.5 Å². The van der Waals surface area contributed by atoms with Gasteiger partial charge in [0.25, 0.3) is 0 Å². The van der Waals surface area contributed by atoms with Gasteiger partial charge in [0, 0.05) is 29.8 Å². The van der Waals surface area contributed by atoms with E-state index >= 15 is 0 Å². The van der Waals surface area contributed by atoms with Crippen molar-refractivity contribution < 1.29 is 39.2 Å². The zero-order valence-electron chi connectivity index (χ0n) is 23.7. The monoisotopic (exact) mass is 612 g/mol. The quantitative estimate of drug-likeness (QED) is 0.100. The van der Waals surface area contributed by atoms with Crippen LogP contribution in [0.25, 0.3) is 11.1 Å². The van der Waals surface area contributed by atoms with Gasteiger partial charge in [-0.05, 0) is 64.8 Å². The molecule has 1 heterocycles. The summed E-state index contributed by atoms with van der Waals surface area (Å²) >= 11 is 0. The van der Waals surface area contributed by atoms with Gasteiger partial charge in [-0.15, -0.1) is 9.81 Å². The summed E-state index contributed by atoms with van der Waals surface area (Å²) in [4.78, 5) is 62.3. The van der Waals surface area contributed by atoms with E-state index in [9.17, 15) is 39.5 Å². The molecule has 4 aromatic carbocycles. The van der Waals surface area contributed by atoms with E-state index in [-0.39, 0.29) is 57.4 Å². The SMILES string of the molecule is COC(=O)c1ccc(O)c(Nc2cc(N=O)c(-c3c(O)cc(N4C(=O)CCc5ccc(C(=O)OC)cc54)cc3O)c(N=O)c2)c1. The molecule has 0 unspecified atom stereocenters. The standard InChI is InChI=1S/C31H24N4O10/c1-44-30(40)16-5-7-24(36)20(9-16)32-18-11-21(33-42)28(22(12-18)34-43)29-25(37)13-19(14-26(29)38)35-23-10-17(31(41)45-2)4-3-15(23)6-8-27(35)39/h3-5,7,9-14,32,36-38H,6,8H2,1-2H3. The second-order valence-corrected chi connectivity index (χ2v) is 9.84. The predicted octanol–water partition coefficient (Wildman–Crippen LogP) is 6.19. The van der Waals surface area contributed by atoms with Gasteiger partial charge in [-0.1, -0.05) is 6.07 Å². The van der Waals surface area contributed by atoms with Crippen LogP contribution < -0.4 is 10.2 Å². The summed E-state index contributed by atoms with van der Waals surface area (Å²) in [5.41, 5.74) is -0.0243. The number of nitroso groups, excluding NO2 is 2. The fourth-order valence-corrected chi connectivity index (χ4v) is 5.10. The van der Waals surface area contributed by atoms with Crippen LogP contribution in [0.2, 0.25) is 0 Å². The Morgan fingerprint density at radius 3 is 1.91 bits per heavy atom. The van der Waals surface area contributed by atoms with E-state index in [2.05, 4.69) is 20.4 Å². The molecule has 4 N–H and O–H groups in total. The van der Waals surface area contributed by atoms with Gasteiger partial charge >= 0.3 is 11.9 Å². The van der Waals surface area contributed by atoms with Crippen molar-refractivity contribution in [1.29, 1.82) is 0 Å². The Morgan fingerprint density at radius 1 is 0.756 bits per heavy atom. The second-order valence-electron chi connectivity index (χ2n) is 9.84. The van der Waals surface area contributed by atoms with Crippen LogP contribution in [0.3, 0.4) is 0 Å². The molecule has 0 aromatic heterocycles. The third-order valence-electron chi connectivity index (χ3n) is 7.18. The number of carbonyl (C=O) groups excluding carboxylic acids is 3. The molecular formula is C31H24N4O10. The van der Waals surface area contributed by atoms with Crippen molar-refractivity contribution in [2.45, 2.75) is 12.8 Å². The van der Waals surface area contributed by atoms with Crippen molar-refractivity contribution in [2.75, 3.05) is 24.4 Å². The average molecular weight is 613 g/mol. The molecule has 1 amide bonds. The van der Waals surface area contributed by atoms with Crippen LogP contribution in [-0.4, -0.2) is 47.4 Å². The first-order valence-electron chi connectivity index (χ1n) is 13.2. The number of phenolic OH excluding ortho intramolecular Hbond substituents is 3. The lowest BCUT2D eigenvalue weighted by atomic mass is 9.96. The van der Waals surface area contributed by atoms with Gasteiger partial charge in [0.15, 0.2) is 0 Å². The van der Waals surface area contributed by atoms with E-state index in [4.69, 9.17) is 4.74 Å². The van der Waals surface area contributed by atoms with E-state index in [0.717, 1.165) is 17.7 Å². The van der Waals surface area contributed by atoms with Crippen LogP contribution >= 0.6 is 0 Å². The van der Waals surface area contributed by atoms with Gasteiger partial charge in [-0.25, -0.2) is 9.59 Å². The number of nitrogens with one attached hydrogen (secondary N) is 1.